The van der Waals surface area contributed by atoms with Gasteiger partial charge in [-0.25, -0.2) is 15.0 Å². The van der Waals surface area contributed by atoms with Gasteiger partial charge in [-0.15, -0.1) is 0 Å². The van der Waals surface area contributed by atoms with E-state index in [4.69, 9.17) is 39.0 Å². The maximum absolute atomic E-state index is 14.0. The maximum atomic E-state index is 14.0. The van der Waals surface area contributed by atoms with E-state index in [1.165, 1.54) is 30.6 Å². The molecule has 4 aromatic rings. The van der Waals surface area contributed by atoms with Crippen LogP contribution in [0.4, 0.5) is 11.8 Å². The average Bonchev–Trinajstić information content (AvgIpc) is 3.79. The summed E-state index contributed by atoms with van der Waals surface area (Å²) in [6.07, 6.45) is -1.40. The first-order valence-electron chi connectivity index (χ1n) is 16.7. The lowest BCUT2D eigenvalue weighted by Gasteiger charge is -2.27. The third-order valence-electron chi connectivity index (χ3n) is 9.50. The van der Waals surface area contributed by atoms with Crippen molar-refractivity contribution >= 4 is 49.2 Å². The Kier molecular flexibility index (Phi) is 9.16. The van der Waals surface area contributed by atoms with Gasteiger partial charge in [0.05, 0.1) is 25.2 Å². The van der Waals surface area contributed by atoms with E-state index in [0.717, 1.165) is 42.3 Å². The number of ether oxygens (including phenoxy) is 2. The molecular formula is C29H40N10O10P2. The number of nitrogens with zero attached hydrogens (tertiary/aromatic N) is 7. The number of aromatic nitrogens is 7. The Labute approximate surface area is 291 Å². The molecule has 51 heavy (non-hydrogen) atoms. The zero-order valence-corrected chi connectivity index (χ0v) is 29.6. The summed E-state index contributed by atoms with van der Waals surface area (Å²) in [7, 11) is -7.99. The summed E-state index contributed by atoms with van der Waals surface area (Å²) in [5.74, 6) is 0.266. The van der Waals surface area contributed by atoms with Crippen LogP contribution in [0.15, 0.2) is 18.9 Å². The molecule has 4 aliphatic rings. The third kappa shape index (κ3) is 6.46. The second-order valence-electron chi connectivity index (χ2n) is 13.1. The van der Waals surface area contributed by atoms with Crippen molar-refractivity contribution in [2.45, 2.75) is 74.8 Å². The first kappa shape index (κ1) is 34.9. The summed E-state index contributed by atoms with van der Waals surface area (Å²) >= 11 is 0. The molecule has 20 nitrogen and oxygen atoms in total. The minimum atomic E-state index is -4.02. The zero-order chi connectivity index (χ0) is 35.7. The standard InChI is InChI=1S/C29H40N10O10P2/c1-50(42)44-10-16-20(40)23(28(46-16)39-13-35-19-24(31)36-29(32-8-7-30)37-26(19)39)49-51(2,43)45-11-17-22(48-50)21(41)27(47-17)38-9-14-5-3-4-6-15-18(14)25(38)34-12-33-15/h9,12-13,16-17,20-23,27-28,40-41H,3-8,10-11,30H2,1-2H3,(H3,31,32,36,37)/t16-,17-,20-,21-,22-,23-,27-,28-,50?,51?/m1/s1. The number of fused-ring (bicyclic) bond motifs is 4. The van der Waals surface area contributed by atoms with Crippen molar-refractivity contribution in [2.24, 2.45) is 5.73 Å². The van der Waals surface area contributed by atoms with Crippen molar-refractivity contribution in [1.29, 1.82) is 0 Å². The molecule has 7 heterocycles. The number of rotatable bonds is 5. The summed E-state index contributed by atoms with van der Waals surface area (Å²) in [6.45, 7) is 2.36. The van der Waals surface area contributed by atoms with Crippen molar-refractivity contribution in [3.8, 4) is 0 Å². The quantitative estimate of drug-likeness (QED) is 0.179. The first-order chi connectivity index (χ1) is 24.4. The molecule has 4 aromatic heterocycles. The number of hydrogen-bond donors (Lipinski definition) is 5. The second-order valence-corrected chi connectivity index (χ2v) is 17.2. The van der Waals surface area contributed by atoms with Crippen LogP contribution in [0.1, 0.15) is 36.6 Å². The smallest absolute Gasteiger partial charge is 0.328 e. The third-order valence-corrected chi connectivity index (χ3v) is 12.0. The fourth-order valence-electron chi connectivity index (χ4n) is 7.13. The van der Waals surface area contributed by atoms with Gasteiger partial charge >= 0.3 is 15.2 Å². The van der Waals surface area contributed by atoms with Gasteiger partial charge in [0.25, 0.3) is 0 Å². The number of aryl methyl sites for hydroxylation is 2. The highest BCUT2D eigenvalue weighted by Crippen LogP contribution is 2.54. The van der Waals surface area contributed by atoms with Crippen LogP contribution in [0, 0.1) is 0 Å². The topological polar surface area (TPSA) is 268 Å². The lowest BCUT2D eigenvalue weighted by Crippen LogP contribution is -2.36. The molecule has 0 aromatic carbocycles. The highest BCUT2D eigenvalue weighted by molar-refractivity contribution is 7.53. The van der Waals surface area contributed by atoms with Crippen LogP contribution in [0.25, 0.3) is 22.2 Å². The van der Waals surface area contributed by atoms with Gasteiger partial charge in [-0.05, 0) is 31.2 Å². The van der Waals surface area contributed by atoms with Crippen molar-refractivity contribution in [1.82, 2.24) is 34.1 Å². The van der Waals surface area contributed by atoms with E-state index in [1.807, 2.05) is 6.20 Å². The Morgan fingerprint density at radius 3 is 2.41 bits per heavy atom. The van der Waals surface area contributed by atoms with Crippen LogP contribution in [-0.4, -0.2) is 121 Å². The van der Waals surface area contributed by atoms with Gasteiger partial charge in [0.15, 0.2) is 23.9 Å². The second kappa shape index (κ2) is 13.4. The average molecular weight is 751 g/mol. The molecule has 2 unspecified atom stereocenters. The van der Waals surface area contributed by atoms with E-state index in [0.29, 0.717) is 18.7 Å². The number of nitrogens with two attached hydrogens (primary N) is 2. The first-order valence-corrected chi connectivity index (χ1v) is 20.7. The number of anilines is 2. The van der Waals surface area contributed by atoms with Gasteiger partial charge in [-0.3, -0.25) is 22.7 Å². The lowest BCUT2D eigenvalue weighted by molar-refractivity contribution is -0.0591. The highest BCUT2D eigenvalue weighted by atomic mass is 31.2. The van der Waals surface area contributed by atoms with Gasteiger partial charge < -0.3 is 50.1 Å². The van der Waals surface area contributed by atoms with Crippen LogP contribution in [0.3, 0.4) is 0 Å². The number of nitrogen functional groups attached to an aromatic ring is 1. The number of aliphatic hydroxyl groups is 2. The molecule has 0 spiro atoms. The van der Waals surface area contributed by atoms with Crippen molar-refractivity contribution in [3.63, 3.8) is 0 Å². The number of hydrogen-bond acceptors (Lipinski definition) is 18. The van der Waals surface area contributed by atoms with E-state index in [1.54, 1.807) is 4.57 Å². The van der Waals surface area contributed by atoms with Crippen LogP contribution in [0.2, 0.25) is 0 Å². The molecule has 276 valence electrons. The SMILES string of the molecule is CP1(=O)OC[C@H]2O[C@@H](n3cc4c5c(ncnc53)CCCC4)[C@H](O)[C@@H]2OP(C)(=O)OC[C@H]2O[C@@H](n3cnc4c(N)nc(NCCN)nc43)[C@H](O1)[C@@H]2O. The fourth-order valence-corrected chi connectivity index (χ4v) is 9.46. The summed E-state index contributed by atoms with van der Waals surface area (Å²) in [5.41, 5.74) is 14.8. The zero-order valence-electron chi connectivity index (χ0n) is 27.8. The molecular weight excluding hydrogens is 710 g/mol. The van der Waals surface area contributed by atoms with Gasteiger partial charge in [0.1, 0.15) is 54.1 Å². The molecule has 10 atom stereocenters. The molecule has 1 aliphatic carbocycles. The molecule has 0 saturated carbocycles. The number of imidazole rings is 1. The van der Waals surface area contributed by atoms with Crippen LogP contribution in [0.5, 0.6) is 0 Å². The molecule has 22 heteroatoms. The van der Waals surface area contributed by atoms with Crippen molar-refractivity contribution < 1.29 is 46.9 Å². The Morgan fingerprint density at radius 1 is 0.902 bits per heavy atom. The monoisotopic (exact) mass is 750 g/mol. The maximum Gasteiger partial charge on any atom is 0.328 e. The summed E-state index contributed by atoms with van der Waals surface area (Å²) in [5, 5.41) is 27.0. The Balaban J connectivity index is 1.10. The minimum Gasteiger partial charge on any atom is -0.387 e. The summed E-state index contributed by atoms with van der Waals surface area (Å²) in [6, 6.07) is 0. The summed E-state index contributed by atoms with van der Waals surface area (Å²) < 4.78 is 67.1. The van der Waals surface area contributed by atoms with Crippen LogP contribution >= 0.6 is 15.2 Å². The van der Waals surface area contributed by atoms with Gasteiger partial charge in [-0.2, -0.15) is 9.97 Å². The van der Waals surface area contributed by atoms with Crippen LogP contribution < -0.4 is 16.8 Å². The minimum absolute atomic E-state index is 0.0803. The molecule has 3 fully saturated rings. The van der Waals surface area contributed by atoms with Crippen molar-refractivity contribution in [2.75, 3.05) is 50.7 Å². The number of aliphatic hydroxyl groups excluding tert-OH is 2. The fraction of sp³-hybridized carbons (Fsp3) is 0.621. The van der Waals surface area contributed by atoms with Crippen LogP contribution in [-0.2, 0) is 49.5 Å². The number of nitrogens with one attached hydrogen (secondary N) is 1. The molecule has 3 saturated heterocycles. The Morgan fingerprint density at radius 2 is 1.63 bits per heavy atom. The Hall–Kier alpha value is -3.13. The molecule has 2 bridgehead atoms. The highest BCUT2D eigenvalue weighted by Gasteiger charge is 2.53. The molecule has 3 aliphatic heterocycles. The van der Waals surface area contributed by atoms with E-state index in [-0.39, 0.29) is 22.9 Å². The lowest BCUT2D eigenvalue weighted by atomic mass is 10.1. The largest absolute Gasteiger partial charge is 0.387 e. The van der Waals surface area contributed by atoms with Crippen molar-refractivity contribution in [3.05, 3.63) is 30.1 Å². The molecule has 8 rings (SSSR count). The predicted octanol–water partition coefficient (Wildman–Crippen LogP) is 1.08. The van der Waals surface area contributed by atoms with E-state index < -0.39 is 77.5 Å². The van der Waals surface area contributed by atoms with Gasteiger partial charge in [0.2, 0.25) is 5.95 Å². The van der Waals surface area contributed by atoms with E-state index in [9.17, 15) is 19.3 Å². The normalized spacial score (nSPS) is 35.9. The van der Waals surface area contributed by atoms with Gasteiger partial charge in [0, 0.05) is 38.0 Å². The molecule has 7 N–H and O–H groups in total. The van der Waals surface area contributed by atoms with Gasteiger partial charge in [-0.1, -0.05) is 0 Å². The molecule has 0 amide bonds. The molecule has 0 radical (unpaired) electrons. The predicted molar refractivity (Wildman–Crippen MR) is 180 cm³/mol. The van der Waals surface area contributed by atoms with E-state index >= 15 is 0 Å². The summed E-state index contributed by atoms with van der Waals surface area (Å²) in [4.78, 5) is 22.0. The Bertz CT molecular complexity index is 2050. The van der Waals surface area contributed by atoms with E-state index in [2.05, 4.69) is 30.2 Å².